The molecule has 0 radical (unpaired) electrons. The summed E-state index contributed by atoms with van der Waals surface area (Å²) in [5.74, 6) is -5.10. The Morgan fingerprint density at radius 3 is 1.91 bits per heavy atom. The topological polar surface area (TPSA) is 187 Å². The Hall–Kier alpha value is -4.17. The second kappa shape index (κ2) is 11.3. The molecule has 2 bridgehead atoms. The van der Waals surface area contributed by atoms with Gasteiger partial charge in [-0.3, -0.25) is 14.4 Å². The van der Waals surface area contributed by atoms with Crippen molar-refractivity contribution in [3.05, 3.63) is 48.3 Å². The summed E-state index contributed by atoms with van der Waals surface area (Å²) >= 11 is 0. The van der Waals surface area contributed by atoms with Crippen LogP contribution in [-0.2, 0) is 42.8 Å². The minimum Gasteiger partial charge on any atom is -0.472 e. The first-order valence-corrected chi connectivity index (χ1v) is 14.4. The molecule has 0 aromatic carbocycles. The quantitative estimate of drug-likeness (QED) is 0.330. The van der Waals surface area contributed by atoms with Crippen LogP contribution in [0, 0.1) is 11.3 Å². The van der Waals surface area contributed by atoms with Crippen molar-refractivity contribution in [2.75, 3.05) is 6.61 Å². The van der Waals surface area contributed by atoms with E-state index in [0.29, 0.717) is 0 Å². The van der Waals surface area contributed by atoms with Crippen LogP contribution in [0.3, 0.4) is 0 Å². The molecule has 45 heavy (non-hydrogen) atoms. The minimum absolute atomic E-state index is 0.00240. The van der Waals surface area contributed by atoms with E-state index in [1.165, 1.54) is 37.8 Å². The van der Waals surface area contributed by atoms with Gasteiger partial charge < -0.3 is 42.4 Å². The molecule has 14 nitrogen and oxygen atoms in total. The van der Waals surface area contributed by atoms with Crippen LogP contribution in [0.1, 0.15) is 75.1 Å². The van der Waals surface area contributed by atoms with E-state index >= 15 is 0 Å². The fourth-order valence-corrected chi connectivity index (χ4v) is 7.62. The van der Waals surface area contributed by atoms with Crippen LogP contribution in [0.5, 0.6) is 0 Å². The van der Waals surface area contributed by atoms with Gasteiger partial charge in [-0.15, -0.1) is 0 Å². The van der Waals surface area contributed by atoms with E-state index < -0.39 is 89.0 Å². The smallest absolute Gasteiger partial charge is 0.341 e. The van der Waals surface area contributed by atoms with Crippen molar-refractivity contribution in [1.29, 1.82) is 0 Å². The van der Waals surface area contributed by atoms with Crippen LogP contribution in [0.15, 0.2) is 46.0 Å². The molecule has 0 amide bonds. The number of esters is 5. The van der Waals surface area contributed by atoms with E-state index in [9.17, 15) is 29.1 Å². The molecule has 5 rings (SSSR count). The van der Waals surface area contributed by atoms with E-state index in [1.54, 1.807) is 13.8 Å². The number of carbonyl (C=O) groups is 5. The van der Waals surface area contributed by atoms with E-state index in [4.69, 9.17) is 37.3 Å². The largest absolute Gasteiger partial charge is 0.472 e. The summed E-state index contributed by atoms with van der Waals surface area (Å²) in [4.78, 5) is 65.0. The lowest BCUT2D eigenvalue weighted by atomic mass is 9.46. The summed E-state index contributed by atoms with van der Waals surface area (Å²) in [7, 11) is 0. The van der Waals surface area contributed by atoms with Gasteiger partial charge in [0.2, 0.25) is 0 Å². The Balaban J connectivity index is 1.83. The molecule has 2 aliphatic carbocycles. The molecule has 14 heteroatoms. The van der Waals surface area contributed by atoms with Crippen LogP contribution in [0.4, 0.5) is 0 Å². The molecule has 2 aromatic rings. The van der Waals surface area contributed by atoms with Crippen molar-refractivity contribution in [2.45, 2.75) is 95.6 Å². The molecular weight excluding hydrogens is 596 g/mol. The Bertz CT molecular complexity index is 1460. The van der Waals surface area contributed by atoms with Gasteiger partial charge in [0, 0.05) is 20.8 Å². The van der Waals surface area contributed by atoms with Gasteiger partial charge in [-0.2, -0.15) is 0 Å². The predicted molar refractivity (Wildman–Crippen MR) is 147 cm³/mol. The summed E-state index contributed by atoms with van der Waals surface area (Å²) in [6.45, 7) is 7.52. The average Bonchev–Trinajstić information content (AvgIpc) is 3.69. The third kappa shape index (κ3) is 5.09. The van der Waals surface area contributed by atoms with E-state index in [-0.39, 0.29) is 24.0 Å². The lowest BCUT2D eigenvalue weighted by molar-refractivity contribution is -0.347. The lowest BCUT2D eigenvalue weighted by Gasteiger charge is -2.65. The first-order chi connectivity index (χ1) is 21.1. The normalized spacial score (nSPS) is 34.6. The van der Waals surface area contributed by atoms with Crippen molar-refractivity contribution in [3.8, 4) is 0 Å². The standard InChI is InChI=1S/C31H36O14/c1-16(32)40-15-30-21(43-26(35)19-8-11-38-13-19)7-10-29(6,37)31(30)24(42-18(3)34)22(28(4,5)45-31)23(41-17(2)33)25(30)44-27(36)20-9-12-39-14-20/h8-9,11-14,21-25,37H,7,10,15H2,1-6H3. The highest BCUT2D eigenvalue weighted by atomic mass is 16.6. The Morgan fingerprint density at radius 1 is 0.822 bits per heavy atom. The molecule has 244 valence electrons. The zero-order valence-electron chi connectivity index (χ0n) is 25.7. The van der Waals surface area contributed by atoms with Gasteiger partial charge in [-0.25, -0.2) is 9.59 Å². The van der Waals surface area contributed by atoms with Gasteiger partial charge in [0.1, 0.15) is 42.9 Å². The summed E-state index contributed by atoms with van der Waals surface area (Å²) < 4.78 is 46.6. The highest BCUT2D eigenvalue weighted by Gasteiger charge is 2.87. The van der Waals surface area contributed by atoms with E-state index in [1.807, 2.05) is 0 Å². The molecule has 1 saturated heterocycles. The Kier molecular flexibility index (Phi) is 8.11. The number of rotatable bonds is 8. The zero-order chi connectivity index (χ0) is 32.9. The number of fused-ring (bicyclic) bond motifs is 1. The molecule has 8 atom stereocenters. The maximum atomic E-state index is 13.6. The van der Waals surface area contributed by atoms with Gasteiger partial charge >= 0.3 is 29.8 Å². The number of aliphatic hydroxyl groups is 1. The minimum atomic E-state index is -2.06. The number of hydrogen-bond acceptors (Lipinski definition) is 14. The summed E-state index contributed by atoms with van der Waals surface area (Å²) in [6, 6.07) is 2.73. The maximum absolute atomic E-state index is 13.6. The maximum Gasteiger partial charge on any atom is 0.341 e. The molecule has 1 aliphatic heterocycles. The molecule has 2 aromatic heterocycles. The van der Waals surface area contributed by atoms with Crippen LogP contribution >= 0.6 is 0 Å². The molecule has 2 saturated carbocycles. The SMILES string of the molecule is CC(=O)OCC12C(OC(=O)c3ccoc3)CCC(C)(O)C13OC(C)(C)C(C(OC(C)=O)C2OC(=O)c1ccoc1)C3OC(C)=O. The Labute approximate surface area is 258 Å². The summed E-state index contributed by atoms with van der Waals surface area (Å²) in [5.41, 5.74) is -7.28. The average molecular weight is 633 g/mol. The first-order valence-electron chi connectivity index (χ1n) is 14.4. The second-order valence-electron chi connectivity index (χ2n) is 12.4. The number of hydrogen-bond donors (Lipinski definition) is 1. The van der Waals surface area contributed by atoms with Crippen LogP contribution in [0.25, 0.3) is 0 Å². The number of furan rings is 2. The number of ether oxygens (including phenoxy) is 6. The highest BCUT2D eigenvalue weighted by molar-refractivity contribution is 5.90. The van der Waals surface area contributed by atoms with Crippen LogP contribution < -0.4 is 0 Å². The van der Waals surface area contributed by atoms with Gasteiger partial charge in [0.15, 0.2) is 11.7 Å². The van der Waals surface area contributed by atoms with Gasteiger partial charge in [0.05, 0.1) is 40.8 Å². The van der Waals surface area contributed by atoms with E-state index in [0.717, 1.165) is 27.0 Å². The van der Waals surface area contributed by atoms with Crippen molar-refractivity contribution in [3.63, 3.8) is 0 Å². The molecule has 3 aliphatic rings. The van der Waals surface area contributed by atoms with Crippen LogP contribution in [-0.4, -0.2) is 82.8 Å². The fraction of sp³-hybridized carbons (Fsp3) is 0.581. The fourth-order valence-electron chi connectivity index (χ4n) is 7.62. The Morgan fingerprint density at radius 2 is 1.40 bits per heavy atom. The summed E-state index contributed by atoms with van der Waals surface area (Å²) in [5, 5.41) is 12.4. The van der Waals surface area contributed by atoms with Gasteiger partial charge in [0.25, 0.3) is 0 Å². The molecule has 3 fully saturated rings. The van der Waals surface area contributed by atoms with Gasteiger partial charge in [-0.1, -0.05) is 0 Å². The lowest BCUT2D eigenvalue weighted by Crippen LogP contribution is -2.83. The third-order valence-electron chi connectivity index (χ3n) is 9.18. The highest BCUT2D eigenvalue weighted by Crippen LogP contribution is 2.69. The monoisotopic (exact) mass is 632 g/mol. The van der Waals surface area contributed by atoms with E-state index in [2.05, 4.69) is 0 Å². The molecule has 1 spiro atoms. The summed E-state index contributed by atoms with van der Waals surface area (Å²) in [6.07, 6.45) is -1.02. The zero-order valence-corrected chi connectivity index (χ0v) is 25.7. The first kappa shape index (κ1) is 32.2. The molecule has 8 unspecified atom stereocenters. The van der Waals surface area contributed by atoms with Crippen LogP contribution in [0.2, 0.25) is 0 Å². The predicted octanol–water partition coefficient (Wildman–Crippen LogP) is 2.76. The molecule has 3 heterocycles. The second-order valence-corrected chi connectivity index (χ2v) is 12.4. The van der Waals surface area contributed by atoms with Crippen molar-refractivity contribution in [1.82, 2.24) is 0 Å². The molecule has 1 N–H and O–H groups in total. The number of carbonyl (C=O) groups excluding carboxylic acids is 5. The molecular formula is C31H36O14. The van der Waals surface area contributed by atoms with Crippen molar-refractivity contribution >= 4 is 29.8 Å². The third-order valence-corrected chi connectivity index (χ3v) is 9.18. The van der Waals surface area contributed by atoms with Gasteiger partial charge in [-0.05, 0) is 45.7 Å². The van der Waals surface area contributed by atoms with Crippen molar-refractivity contribution in [2.24, 2.45) is 11.3 Å². The van der Waals surface area contributed by atoms with Crippen molar-refractivity contribution < 1.29 is 66.3 Å².